The van der Waals surface area contributed by atoms with Crippen molar-refractivity contribution in [2.45, 2.75) is 13.3 Å². The van der Waals surface area contributed by atoms with Crippen LogP contribution in [0.4, 0.5) is 0 Å². The minimum atomic E-state index is 0.821. The van der Waals surface area contributed by atoms with E-state index in [0.717, 1.165) is 51.6 Å². The Hall–Kier alpha value is -5.67. The number of rotatable bonds is 4. The molecule has 0 saturated heterocycles. The Morgan fingerprint density at radius 1 is 0.523 bits per heavy atom. The van der Waals surface area contributed by atoms with Crippen LogP contribution in [-0.4, -0.2) is 9.55 Å². The number of aryl methyl sites for hydroxylation is 1. The number of aromatic nitrogens is 2. The van der Waals surface area contributed by atoms with Crippen LogP contribution in [-0.2, 0) is 6.42 Å². The average molecular weight is 565 g/mol. The molecule has 1 aliphatic heterocycles. The van der Waals surface area contributed by atoms with Gasteiger partial charge >= 0.3 is 0 Å². The summed E-state index contributed by atoms with van der Waals surface area (Å²) in [6.45, 7) is 2.17. The Kier molecular flexibility index (Phi) is 5.48. The van der Waals surface area contributed by atoms with Crippen LogP contribution in [0.1, 0.15) is 12.7 Å². The molecule has 208 valence electrons. The zero-order valence-corrected chi connectivity index (χ0v) is 24.3. The SMILES string of the molecule is CCc1nc2c(-c3cc(-c4ccc5ccccc5c4)cc(-c4ccc5ccccc5c4)c3)ccc3c2n1-c1ccccc1O3. The van der Waals surface area contributed by atoms with E-state index in [-0.39, 0.29) is 0 Å². The number of hydrogen-bond donors (Lipinski definition) is 0. The molecule has 0 N–H and O–H groups in total. The maximum absolute atomic E-state index is 6.41. The third-order valence-electron chi connectivity index (χ3n) is 8.89. The molecule has 1 aromatic heterocycles. The Balaban J connectivity index is 1.30. The van der Waals surface area contributed by atoms with Gasteiger partial charge in [-0.1, -0.05) is 91.9 Å². The molecule has 0 amide bonds. The van der Waals surface area contributed by atoms with Crippen molar-refractivity contribution in [3.05, 3.63) is 145 Å². The summed E-state index contributed by atoms with van der Waals surface area (Å²) in [7, 11) is 0. The van der Waals surface area contributed by atoms with Crippen LogP contribution in [0.15, 0.2) is 140 Å². The van der Waals surface area contributed by atoms with Gasteiger partial charge < -0.3 is 4.74 Å². The molecule has 7 aromatic carbocycles. The summed E-state index contributed by atoms with van der Waals surface area (Å²) < 4.78 is 8.69. The van der Waals surface area contributed by atoms with Gasteiger partial charge in [0.1, 0.15) is 16.9 Å². The molecule has 1 aliphatic rings. The summed E-state index contributed by atoms with van der Waals surface area (Å²) in [5, 5.41) is 4.95. The first-order chi connectivity index (χ1) is 21.7. The zero-order valence-electron chi connectivity index (χ0n) is 24.3. The van der Waals surface area contributed by atoms with Crippen molar-refractivity contribution in [3.8, 4) is 50.6 Å². The van der Waals surface area contributed by atoms with Gasteiger partial charge in [-0.25, -0.2) is 4.98 Å². The lowest BCUT2D eigenvalue weighted by Gasteiger charge is -2.21. The predicted molar refractivity (Wildman–Crippen MR) is 182 cm³/mol. The Morgan fingerprint density at radius 3 is 1.77 bits per heavy atom. The lowest BCUT2D eigenvalue weighted by atomic mass is 9.91. The first kappa shape index (κ1) is 24.9. The molecule has 0 bridgehead atoms. The molecule has 0 aliphatic carbocycles. The molecule has 2 heterocycles. The molecule has 8 aromatic rings. The monoisotopic (exact) mass is 564 g/mol. The second-order valence-electron chi connectivity index (χ2n) is 11.5. The van der Waals surface area contributed by atoms with E-state index in [9.17, 15) is 0 Å². The number of imidazole rings is 1. The first-order valence-corrected chi connectivity index (χ1v) is 15.2. The van der Waals surface area contributed by atoms with Crippen molar-refractivity contribution in [3.63, 3.8) is 0 Å². The smallest absolute Gasteiger partial charge is 0.153 e. The number of fused-ring (bicyclic) bond motifs is 4. The topological polar surface area (TPSA) is 27.1 Å². The third kappa shape index (κ3) is 3.86. The van der Waals surface area contributed by atoms with Crippen LogP contribution in [0, 0.1) is 0 Å². The van der Waals surface area contributed by atoms with E-state index in [2.05, 4.69) is 139 Å². The molecule has 0 fully saturated rings. The fourth-order valence-corrected chi connectivity index (χ4v) is 6.71. The van der Waals surface area contributed by atoms with Gasteiger partial charge in [0.15, 0.2) is 11.5 Å². The summed E-state index contributed by atoms with van der Waals surface area (Å²) >= 11 is 0. The number of hydrogen-bond acceptors (Lipinski definition) is 2. The van der Waals surface area contributed by atoms with Crippen molar-refractivity contribution in [1.29, 1.82) is 0 Å². The molecule has 0 radical (unpaired) electrons. The van der Waals surface area contributed by atoms with Crippen molar-refractivity contribution in [2.24, 2.45) is 0 Å². The van der Waals surface area contributed by atoms with Crippen molar-refractivity contribution in [2.75, 3.05) is 0 Å². The summed E-state index contributed by atoms with van der Waals surface area (Å²) in [5.74, 6) is 2.73. The van der Waals surface area contributed by atoms with Crippen LogP contribution in [0.3, 0.4) is 0 Å². The largest absolute Gasteiger partial charge is 0.453 e. The number of benzene rings is 7. The summed E-state index contributed by atoms with van der Waals surface area (Å²) in [5.41, 5.74) is 10.0. The van der Waals surface area contributed by atoms with Gasteiger partial charge in [-0.3, -0.25) is 4.57 Å². The van der Waals surface area contributed by atoms with Gasteiger partial charge in [-0.2, -0.15) is 0 Å². The zero-order chi connectivity index (χ0) is 29.2. The first-order valence-electron chi connectivity index (χ1n) is 15.2. The van der Waals surface area contributed by atoms with Gasteiger partial charge in [-0.05, 0) is 104 Å². The molecule has 44 heavy (non-hydrogen) atoms. The Bertz CT molecular complexity index is 2320. The lowest BCUT2D eigenvalue weighted by Crippen LogP contribution is -2.06. The van der Waals surface area contributed by atoms with Crippen LogP contribution >= 0.6 is 0 Å². The van der Waals surface area contributed by atoms with Crippen molar-refractivity contribution in [1.82, 2.24) is 9.55 Å². The molecular formula is C41H28N2O. The highest BCUT2D eigenvalue weighted by molar-refractivity contribution is 6.00. The summed E-state index contributed by atoms with van der Waals surface area (Å²) in [6.07, 6.45) is 0.821. The highest BCUT2D eigenvalue weighted by Gasteiger charge is 2.25. The van der Waals surface area contributed by atoms with E-state index < -0.39 is 0 Å². The van der Waals surface area contributed by atoms with Gasteiger partial charge in [-0.15, -0.1) is 0 Å². The molecule has 3 heteroatoms. The fraction of sp³-hybridized carbons (Fsp3) is 0.0488. The number of ether oxygens (including phenoxy) is 1. The highest BCUT2D eigenvalue weighted by Crippen LogP contribution is 2.45. The van der Waals surface area contributed by atoms with Gasteiger partial charge in [0.2, 0.25) is 0 Å². The van der Waals surface area contributed by atoms with Crippen LogP contribution in [0.25, 0.3) is 71.6 Å². The highest BCUT2D eigenvalue weighted by atomic mass is 16.5. The average Bonchev–Trinajstić information content (AvgIpc) is 3.49. The van der Waals surface area contributed by atoms with Gasteiger partial charge in [0.25, 0.3) is 0 Å². The summed E-state index contributed by atoms with van der Waals surface area (Å²) in [4.78, 5) is 5.25. The van der Waals surface area contributed by atoms with Crippen LogP contribution < -0.4 is 4.74 Å². The lowest BCUT2D eigenvalue weighted by molar-refractivity contribution is 0.474. The van der Waals surface area contributed by atoms with E-state index in [1.54, 1.807) is 0 Å². The van der Waals surface area contributed by atoms with Crippen LogP contribution in [0.2, 0.25) is 0 Å². The van der Waals surface area contributed by atoms with E-state index in [1.807, 2.05) is 12.1 Å². The molecule has 0 atom stereocenters. The second kappa shape index (κ2) is 9.68. The number of para-hydroxylation sites is 2. The van der Waals surface area contributed by atoms with E-state index in [0.29, 0.717) is 0 Å². The standard InChI is InChI=1S/C41H28N2O/c1-2-39-42-40-35(19-20-38-41(40)43(39)36-13-7-8-14-37(36)44-38)34-24-32(30-17-15-26-9-3-5-11-28(26)21-30)23-33(25-34)31-18-16-27-10-4-6-12-29(27)22-31/h3-25H,2H2,1H3. The minimum Gasteiger partial charge on any atom is -0.453 e. The minimum absolute atomic E-state index is 0.821. The van der Waals surface area contributed by atoms with Gasteiger partial charge in [0.05, 0.1) is 5.69 Å². The maximum Gasteiger partial charge on any atom is 0.153 e. The molecule has 0 saturated carbocycles. The van der Waals surface area contributed by atoms with E-state index in [1.165, 1.54) is 43.8 Å². The quantitative estimate of drug-likeness (QED) is 0.213. The second-order valence-corrected chi connectivity index (χ2v) is 11.5. The number of nitrogens with zero attached hydrogens (tertiary/aromatic N) is 2. The molecule has 9 rings (SSSR count). The van der Waals surface area contributed by atoms with Crippen molar-refractivity contribution < 1.29 is 4.74 Å². The Morgan fingerprint density at radius 2 is 1.11 bits per heavy atom. The van der Waals surface area contributed by atoms with E-state index >= 15 is 0 Å². The molecule has 0 unspecified atom stereocenters. The maximum atomic E-state index is 6.41. The van der Waals surface area contributed by atoms with Crippen LogP contribution in [0.5, 0.6) is 11.5 Å². The molecular weight excluding hydrogens is 536 g/mol. The fourth-order valence-electron chi connectivity index (χ4n) is 6.71. The predicted octanol–water partition coefficient (Wildman–Crippen LogP) is 11.0. The Labute approximate surface area is 255 Å². The van der Waals surface area contributed by atoms with Crippen molar-refractivity contribution >= 4 is 32.6 Å². The normalized spacial score (nSPS) is 12.0. The molecule has 3 nitrogen and oxygen atoms in total. The van der Waals surface area contributed by atoms with Gasteiger partial charge in [0, 0.05) is 12.0 Å². The summed E-state index contributed by atoms with van der Waals surface area (Å²) in [6, 6.07) is 50.0. The third-order valence-corrected chi connectivity index (χ3v) is 8.89. The molecule has 0 spiro atoms. The van der Waals surface area contributed by atoms with E-state index in [4.69, 9.17) is 9.72 Å².